The first kappa shape index (κ1) is 13.9. The quantitative estimate of drug-likeness (QED) is 0.783. The van der Waals surface area contributed by atoms with Gasteiger partial charge in [-0.05, 0) is 38.1 Å². The largest absolute Gasteiger partial charge is 0.469 e. The summed E-state index contributed by atoms with van der Waals surface area (Å²) < 4.78 is 4.87. The molecular weight excluding hydrogens is 226 g/mol. The third-order valence-electron chi connectivity index (χ3n) is 4.68. The van der Waals surface area contributed by atoms with Gasteiger partial charge in [0, 0.05) is 6.04 Å². The first-order chi connectivity index (χ1) is 8.79. The molecule has 2 unspecified atom stereocenters. The van der Waals surface area contributed by atoms with E-state index in [2.05, 4.69) is 5.32 Å². The number of ether oxygens (including phenoxy) is 1. The molecule has 18 heavy (non-hydrogen) atoms. The van der Waals surface area contributed by atoms with Crippen LogP contribution in [-0.4, -0.2) is 25.7 Å². The van der Waals surface area contributed by atoms with Crippen LogP contribution in [0, 0.1) is 11.8 Å². The van der Waals surface area contributed by atoms with Crippen molar-refractivity contribution in [2.45, 2.75) is 63.8 Å². The number of carbonyl (C=O) groups excluding carboxylic acids is 1. The third kappa shape index (κ3) is 3.98. The van der Waals surface area contributed by atoms with E-state index in [1.807, 2.05) is 0 Å². The molecule has 0 aromatic heterocycles. The van der Waals surface area contributed by atoms with E-state index < -0.39 is 0 Å². The summed E-state index contributed by atoms with van der Waals surface area (Å²) in [6, 6.07) is 0.532. The summed E-state index contributed by atoms with van der Waals surface area (Å²) in [5.74, 6) is 1.06. The van der Waals surface area contributed by atoms with E-state index in [4.69, 9.17) is 4.74 Å². The standard InChI is InChI=1S/C15H27NO2/c1-18-15(17)13-9-10-16-14(11-13)8-7-12-5-3-2-4-6-12/h12-14,16H,2-11H2,1H3. The van der Waals surface area contributed by atoms with Gasteiger partial charge in [0.15, 0.2) is 0 Å². The second-order valence-electron chi connectivity index (χ2n) is 5.98. The summed E-state index contributed by atoms with van der Waals surface area (Å²) in [4.78, 5) is 11.6. The Kier molecular flexibility index (Phi) is 5.48. The predicted molar refractivity (Wildman–Crippen MR) is 72.3 cm³/mol. The van der Waals surface area contributed by atoms with Gasteiger partial charge in [-0.2, -0.15) is 0 Å². The van der Waals surface area contributed by atoms with Gasteiger partial charge >= 0.3 is 5.97 Å². The van der Waals surface area contributed by atoms with Crippen molar-refractivity contribution < 1.29 is 9.53 Å². The number of nitrogens with one attached hydrogen (secondary N) is 1. The van der Waals surface area contributed by atoms with Gasteiger partial charge in [-0.25, -0.2) is 0 Å². The summed E-state index contributed by atoms with van der Waals surface area (Å²) in [5, 5.41) is 3.56. The Hall–Kier alpha value is -0.570. The van der Waals surface area contributed by atoms with Gasteiger partial charge in [-0.3, -0.25) is 4.79 Å². The fourth-order valence-corrected chi connectivity index (χ4v) is 3.52. The van der Waals surface area contributed by atoms with Crippen molar-refractivity contribution in [1.29, 1.82) is 0 Å². The minimum absolute atomic E-state index is 0.0147. The minimum atomic E-state index is -0.0147. The normalized spacial score (nSPS) is 30.1. The van der Waals surface area contributed by atoms with Crippen molar-refractivity contribution in [3.63, 3.8) is 0 Å². The molecule has 2 rings (SSSR count). The number of hydrogen-bond donors (Lipinski definition) is 1. The highest BCUT2D eigenvalue weighted by Crippen LogP contribution is 2.29. The van der Waals surface area contributed by atoms with Crippen LogP contribution in [0.2, 0.25) is 0 Å². The van der Waals surface area contributed by atoms with Gasteiger partial charge in [0.05, 0.1) is 13.0 Å². The van der Waals surface area contributed by atoms with Crippen molar-refractivity contribution in [3.05, 3.63) is 0 Å². The number of hydrogen-bond acceptors (Lipinski definition) is 3. The lowest BCUT2D eigenvalue weighted by molar-refractivity contribution is -0.146. The van der Waals surface area contributed by atoms with Crippen LogP contribution in [0.25, 0.3) is 0 Å². The molecule has 3 nitrogen and oxygen atoms in total. The van der Waals surface area contributed by atoms with Crippen LogP contribution in [0.15, 0.2) is 0 Å². The molecule has 1 N–H and O–H groups in total. The summed E-state index contributed by atoms with van der Waals surface area (Å²) in [7, 11) is 1.50. The first-order valence-electron chi connectivity index (χ1n) is 7.61. The second kappa shape index (κ2) is 7.13. The third-order valence-corrected chi connectivity index (χ3v) is 4.68. The molecule has 2 aliphatic rings. The van der Waals surface area contributed by atoms with Gasteiger partial charge in [-0.15, -0.1) is 0 Å². The molecule has 0 bridgehead atoms. The molecule has 0 aromatic carbocycles. The average Bonchev–Trinajstić information content (AvgIpc) is 2.45. The lowest BCUT2D eigenvalue weighted by Gasteiger charge is -2.30. The Labute approximate surface area is 111 Å². The molecule has 1 aliphatic heterocycles. The van der Waals surface area contributed by atoms with Crippen LogP contribution in [0.5, 0.6) is 0 Å². The smallest absolute Gasteiger partial charge is 0.308 e. The minimum Gasteiger partial charge on any atom is -0.469 e. The Morgan fingerprint density at radius 1 is 1.17 bits per heavy atom. The molecule has 1 saturated carbocycles. The van der Waals surface area contributed by atoms with Crippen molar-refractivity contribution in [3.8, 4) is 0 Å². The number of methoxy groups -OCH3 is 1. The van der Waals surface area contributed by atoms with E-state index in [1.165, 1.54) is 52.1 Å². The number of piperidine rings is 1. The topological polar surface area (TPSA) is 38.3 Å². The average molecular weight is 253 g/mol. The maximum atomic E-state index is 11.6. The van der Waals surface area contributed by atoms with Crippen molar-refractivity contribution in [1.82, 2.24) is 5.32 Å². The van der Waals surface area contributed by atoms with Gasteiger partial charge < -0.3 is 10.1 Å². The van der Waals surface area contributed by atoms with E-state index in [0.717, 1.165) is 25.3 Å². The van der Waals surface area contributed by atoms with Gasteiger partial charge in [0.2, 0.25) is 0 Å². The molecule has 0 aromatic rings. The molecule has 1 aliphatic carbocycles. The zero-order chi connectivity index (χ0) is 12.8. The van der Waals surface area contributed by atoms with Gasteiger partial charge in [0.25, 0.3) is 0 Å². The fraction of sp³-hybridized carbons (Fsp3) is 0.933. The van der Waals surface area contributed by atoms with E-state index in [0.29, 0.717) is 6.04 Å². The number of carbonyl (C=O) groups is 1. The van der Waals surface area contributed by atoms with Crippen LogP contribution in [-0.2, 0) is 9.53 Å². The highest BCUT2D eigenvalue weighted by Gasteiger charge is 2.27. The number of esters is 1. The molecule has 2 atom stereocenters. The summed E-state index contributed by atoms with van der Waals surface area (Å²) >= 11 is 0. The maximum Gasteiger partial charge on any atom is 0.308 e. The summed E-state index contributed by atoms with van der Waals surface area (Å²) in [5.41, 5.74) is 0. The second-order valence-corrected chi connectivity index (χ2v) is 5.98. The molecule has 0 spiro atoms. The Morgan fingerprint density at radius 2 is 1.94 bits per heavy atom. The zero-order valence-corrected chi connectivity index (χ0v) is 11.6. The maximum absolute atomic E-state index is 11.6. The van der Waals surface area contributed by atoms with Crippen molar-refractivity contribution in [2.24, 2.45) is 11.8 Å². The number of rotatable bonds is 4. The SMILES string of the molecule is COC(=O)C1CCNC(CCC2CCCCC2)C1. The lowest BCUT2D eigenvalue weighted by atomic mass is 9.83. The van der Waals surface area contributed by atoms with E-state index >= 15 is 0 Å². The molecule has 0 radical (unpaired) electrons. The zero-order valence-electron chi connectivity index (χ0n) is 11.6. The highest BCUT2D eigenvalue weighted by molar-refractivity contribution is 5.72. The van der Waals surface area contributed by atoms with Crippen LogP contribution in [0.1, 0.15) is 57.8 Å². The highest BCUT2D eigenvalue weighted by atomic mass is 16.5. The van der Waals surface area contributed by atoms with Crippen LogP contribution in [0.3, 0.4) is 0 Å². The van der Waals surface area contributed by atoms with E-state index in [1.54, 1.807) is 0 Å². The summed E-state index contributed by atoms with van der Waals surface area (Å²) in [6.45, 7) is 0.967. The first-order valence-corrected chi connectivity index (χ1v) is 7.61. The Bertz CT molecular complexity index is 261. The molecule has 0 amide bonds. The van der Waals surface area contributed by atoms with Crippen LogP contribution >= 0.6 is 0 Å². The molecular formula is C15H27NO2. The lowest BCUT2D eigenvalue weighted by Crippen LogP contribution is -2.41. The van der Waals surface area contributed by atoms with Gasteiger partial charge in [0.1, 0.15) is 0 Å². The van der Waals surface area contributed by atoms with Crippen LogP contribution < -0.4 is 5.32 Å². The Balaban J connectivity index is 1.70. The Morgan fingerprint density at radius 3 is 2.67 bits per heavy atom. The summed E-state index contributed by atoms with van der Waals surface area (Å²) in [6.07, 6.45) is 11.6. The van der Waals surface area contributed by atoms with Crippen molar-refractivity contribution >= 4 is 5.97 Å². The van der Waals surface area contributed by atoms with Crippen LogP contribution in [0.4, 0.5) is 0 Å². The molecule has 1 saturated heterocycles. The monoisotopic (exact) mass is 253 g/mol. The van der Waals surface area contributed by atoms with Crippen molar-refractivity contribution in [2.75, 3.05) is 13.7 Å². The van der Waals surface area contributed by atoms with E-state index in [9.17, 15) is 4.79 Å². The molecule has 1 heterocycles. The molecule has 2 fully saturated rings. The fourth-order valence-electron chi connectivity index (χ4n) is 3.52. The molecule has 3 heteroatoms. The molecule has 104 valence electrons. The van der Waals surface area contributed by atoms with E-state index in [-0.39, 0.29) is 11.9 Å². The predicted octanol–water partition coefficient (Wildman–Crippen LogP) is 2.89. The van der Waals surface area contributed by atoms with Gasteiger partial charge in [-0.1, -0.05) is 32.1 Å².